The van der Waals surface area contributed by atoms with E-state index in [2.05, 4.69) is 15.2 Å². The van der Waals surface area contributed by atoms with Crippen LogP contribution in [0.15, 0.2) is 65.7 Å². The topological polar surface area (TPSA) is 118 Å². The SMILES string of the molecule is CC(CCCN(CCN=CC(=O)c1ccccc1)CCNCC(=O)c1ccccc1)N(C(=O)OC(C)(C)C)C(=O)OC(C)(C)C. The highest BCUT2D eigenvalue weighted by Gasteiger charge is 2.34. The lowest BCUT2D eigenvalue weighted by atomic mass is 10.1. The number of hydrogen-bond donors (Lipinski definition) is 1. The molecule has 0 saturated carbocycles. The number of ketones is 2. The van der Waals surface area contributed by atoms with Gasteiger partial charge in [0.15, 0.2) is 5.78 Å². The number of nitrogens with zero attached hydrogens (tertiary/aromatic N) is 3. The molecule has 0 saturated heterocycles. The fourth-order valence-corrected chi connectivity index (χ4v) is 4.32. The Hall–Kier alpha value is -3.89. The maximum atomic E-state index is 13.0. The second-order valence-electron chi connectivity index (χ2n) is 12.9. The predicted octanol–water partition coefficient (Wildman–Crippen LogP) is 6.06. The van der Waals surface area contributed by atoms with Crippen molar-refractivity contribution in [1.82, 2.24) is 15.1 Å². The molecule has 0 heterocycles. The molecule has 2 aromatic carbocycles. The van der Waals surface area contributed by atoms with Crippen molar-refractivity contribution >= 4 is 30.0 Å². The smallest absolute Gasteiger partial charge is 0.420 e. The van der Waals surface area contributed by atoms with E-state index in [1.807, 2.05) is 36.4 Å². The largest absolute Gasteiger partial charge is 0.443 e. The van der Waals surface area contributed by atoms with E-state index in [9.17, 15) is 19.2 Å². The molecule has 2 amide bonds. The number of amides is 2. The normalized spacial score (nSPS) is 12.6. The molecule has 246 valence electrons. The summed E-state index contributed by atoms with van der Waals surface area (Å²) in [5, 5.41) is 3.22. The third-order valence-electron chi connectivity index (χ3n) is 6.52. The van der Waals surface area contributed by atoms with Gasteiger partial charge in [-0.3, -0.25) is 14.6 Å². The van der Waals surface area contributed by atoms with Crippen LogP contribution in [0.1, 0.15) is 82.0 Å². The average Bonchev–Trinajstić information content (AvgIpc) is 2.96. The van der Waals surface area contributed by atoms with Gasteiger partial charge in [-0.2, -0.15) is 0 Å². The van der Waals surface area contributed by atoms with Gasteiger partial charge >= 0.3 is 12.2 Å². The summed E-state index contributed by atoms with van der Waals surface area (Å²) < 4.78 is 11.0. The standard InChI is InChI=1S/C35H50N4O6/c1-27(39(32(42)44-34(2,3)4)33(43)45-35(5,6)7)15-14-22-38(23-20-36-25-30(40)28-16-10-8-11-17-28)24-21-37-26-31(41)29-18-12-9-13-19-29/h8-13,16-19,25,27,37H,14-15,20-24,26H2,1-7H3. The van der Waals surface area contributed by atoms with Crippen molar-refractivity contribution < 1.29 is 28.7 Å². The van der Waals surface area contributed by atoms with Crippen LogP contribution in [0.2, 0.25) is 0 Å². The Kier molecular flexibility index (Phi) is 15.1. The van der Waals surface area contributed by atoms with E-state index >= 15 is 0 Å². The zero-order chi connectivity index (χ0) is 33.5. The second-order valence-corrected chi connectivity index (χ2v) is 12.9. The third kappa shape index (κ3) is 15.1. The summed E-state index contributed by atoms with van der Waals surface area (Å²) in [6.07, 6.45) is 1.05. The van der Waals surface area contributed by atoms with Crippen LogP contribution in [0.4, 0.5) is 9.59 Å². The molecule has 0 radical (unpaired) electrons. The molecule has 1 unspecified atom stereocenters. The van der Waals surface area contributed by atoms with Crippen LogP contribution >= 0.6 is 0 Å². The van der Waals surface area contributed by atoms with Gasteiger partial charge in [-0.1, -0.05) is 60.7 Å². The molecule has 0 aliphatic carbocycles. The van der Waals surface area contributed by atoms with E-state index < -0.39 is 29.4 Å². The fourth-order valence-electron chi connectivity index (χ4n) is 4.32. The molecule has 0 fully saturated rings. The number of ether oxygens (including phenoxy) is 2. The lowest BCUT2D eigenvalue weighted by Gasteiger charge is -2.32. The highest BCUT2D eigenvalue weighted by Crippen LogP contribution is 2.19. The Labute approximate surface area is 268 Å². The van der Waals surface area contributed by atoms with Gasteiger partial charge in [0, 0.05) is 36.8 Å². The van der Waals surface area contributed by atoms with E-state index in [0.29, 0.717) is 56.7 Å². The lowest BCUT2D eigenvalue weighted by molar-refractivity contribution is -0.00677. The summed E-state index contributed by atoms with van der Waals surface area (Å²) in [6.45, 7) is 15.4. The number of nitrogens with one attached hydrogen (secondary N) is 1. The predicted molar refractivity (Wildman–Crippen MR) is 177 cm³/mol. The minimum atomic E-state index is -0.773. The fraction of sp³-hybridized carbons (Fsp3) is 0.514. The lowest BCUT2D eigenvalue weighted by Crippen LogP contribution is -2.48. The number of benzene rings is 2. The average molecular weight is 623 g/mol. The van der Waals surface area contributed by atoms with Gasteiger partial charge in [0.2, 0.25) is 5.78 Å². The van der Waals surface area contributed by atoms with E-state index in [0.717, 1.165) is 4.90 Å². The van der Waals surface area contributed by atoms with E-state index in [4.69, 9.17) is 9.47 Å². The van der Waals surface area contributed by atoms with E-state index in [-0.39, 0.29) is 18.1 Å². The van der Waals surface area contributed by atoms with Gasteiger partial charge in [0.1, 0.15) is 11.2 Å². The van der Waals surface area contributed by atoms with Gasteiger partial charge in [0.05, 0.1) is 19.3 Å². The van der Waals surface area contributed by atoms with Gasteiger partial charge in [0.25, 0.3) is 0 Å². The third-order valence-corrected chi connectivity index (χ3v) is 6.52. The first-order chi connectivity index (χ1) is 21.2. The summed E-state index contributed by atoms with van der Waals surface area (Å²) in [7, 11) is 0. The second kappa shape index (κ2) is 18.2. The highest BCUT2D eigenvalue weighted by molar-refractivity contribution is 6.35. The van der Waals surface area contributed by atoms with Gasteiger partial charge in [-0.25, -0.2) is 14.5 Å². The van der Waals surface area contributed by atoms with Crippen molar-refractivity contribution in [3.63, 3.8) is 0 Å². The van der Waals surface area contributed by atoms with Crippen molar-refractivity contribution in [3.05, 3.63) is 71.8 Å². The molecule has 2 aromatic rings. The first-order valence-corrected chi connectivity index (χ1v) is 15.5. The number of carbonyl (C=O) groups is 4. The number of hydrogen-bond acceptors (Lipinski definition) is 9. The maximum Gasteiger partial charge on any atom is 0.420 e. The summed E-state index contributed by atoms with van der Waals surface area (Å²) in [5.74, 6) is -0.134. The first-order valence-electron chi connectivity index (χ1n) is 15.5. The Bertz CT molecular complexity index is 1220. The molecule has 0 aliphatic rings. The Morgan fingerprint density at radius 1 is 0.800 bits per heavy atom. The van der Waals surface area contributed by atoms with E-state index in [1.54, 1.807) is 72.7 Å². The molecule has 10 heteroatoms. The molecule has 10 nitrogen and oxygen atoms in total. The highest BCUT2D eigenvalue weighted by atomic mass is 16.6. The summed E-state index contributed by atoms with van der Waals surface area (Å²) in [5.41, 5.74) is -0.303. The molecular formula is C35H50N4O6. The van der Waals surface area contributed by atoms with Crippen LogP contribution in [-0.2, 0) is 9.47 Å². The number of carbonyl (C=O) groups excluding carboxylic acids is 4. The minimum Gasteiger partial charge on any atom is -0.443 e. The molecule has 1 atom stereocenters. The molecule has 0 spiro atoms. The van der Waals surface area contributed by atoms with Crippen molar-refractivity contribution in [2.45, 2.75) is 78.6 Å². The quantitative estimate of drug-likeness (QED) is 0.137. The van der Waals surface area contributed by atoms with Gasteiger partial charge in [-0.15, -0.1) is 0 Å². The zero-order valence-electron chi connectivity index (χ0n) is 27.9. The monoisotopic (exact) mass is 622 g/mol. The number of imide groups is 1. The first kappa shape index (κ1) is 37.3. The molecule has 1 N–H and O–H groups in total. The zero-order valence-corrected chi connectivity index (χ0v) is 27.9. The van der Waals surface area contributed by atoms with Crippen LogP contribution in [0.25, 0.3) is 0 Å². The number of aliphatic imine (C=N–C) groups is 1. The van der Waals surface area contributed by atoms with Crippen LogP contribution in [0.5, 0.6) is 0 Å². The Balaban J connectivity index is 2.00. The summed E-state index contributed by atoms with van der Waals surface area (Å²) in [4.78, 5) is 58.4. The van der Waals surface area contributed by atoms with Crippen molar-refractivity contribution in [2.75, 3.05) is 39.3 Å². The minimum absolute atomic E-state index is 0.0179. The van der Waals surface area contributed by atoms with Crippen LogP contribution in [0.3, 0.4) is 0 Å². The Morgan fingerprint density at radius 2 is 1.33 bits per heavy atom. The number of Topliss-reactive ketones (excluding diaryl/α,β-unsaturated/α-hetero) is 2. The van der Waals surface area contributed by atoms with Crippen molar-refractivity contribution in [1.29, 1.82) is 0 Å². The molecule has 0 bridgehead atoms. The van der Waals surface area contributed by atoms with Crippen LogP contribution in [0, 0.1) is 0 Å². The summed E-state index contributed by atoms with van der Waals surface area (Å²) >= 11 is 0. The van der Waals surface area contributed by atoms with Crippen LogP contribution in [-0.4, -0.2) is 96.3 Å². The van der Waals surface area contributed by atoms with E-state index in [1.165, 1.54) is 6.21 Å². The van der Waals surface area contributed by atoms with Crippen LogP contribution < -0.4 is 5.32 Å². The van der Waals surface area contributed by atoms with Crippen molar-refractivity contribution in [2.24, 2.45) is 4.99 Å². The maximum absolute atomic E-state index is 13.0. The van der Waals surface area contributed by atoms with Gasteiger partial charge in [-0.05, 0) is 67.9 Å². The Morgan fingerprint density at radius 3 is 1.87 bits per heavy atom. The van der Waals surface area contributed by atoms with Gasteiger partial charge < -0.3 is 19.7 Å². The molecule has 0 aliphatic heterocycles. The molecule has 45 heavy (non-hydrogen) atoms. The number of rotatable bonds is 16. The molecule has 0 aromatic heterocycles. The molecular weight excluding hydrogens is 572 g/mol. The van der Waals surface area contributed by atoms with Crippen molar-refractivity contribution in [3.8, 4) is 0 Å². The summed E-state index contributed by atoms with van der Waals surface area (Å²) in [6, 6.07) is 17.7. The molecule has 2 rings (SSSR count).